The number of H-pyrrole nitrogens is 2. The summed E-state index contributed by atoms with van der Waals surface area (Å²) in [6.45, 7) is 0.165. The van der Waals surface area contributed by atoms with Crippen molar-refractivity contribution in [2.75, 3.05) is 19.0 Å². The highest BCUT2D eigenvalue weighted by atomic mass is 79.9. The molecule has 0 saturated carbocycles. The van der Waals surface area contributed by atoms with Crippen molar-refractivity contribution >= 4 is 42.7 Å². The van der Waals surface area contributed by atoms with Gasteiger partial charge in [0.15, 0.2) is 0 Å². The normalized spacial score (nSPS) is 11.8. The van der Waals surface area contributed by atoms with E-state index in [-0.39, 0.29) is 17.1 Å². The number of sulfonamides is 1. The van der Waals surface area contributed by atoms with E-state index in [1.54, 1.807) is 6.07 Å². The maximum absolute atomic E-state index is 12.6. The smallest absolute Gasteiger partial charge is 0.323 e. The summed E-state index contributed by atoms with van der Waals surface area (Å²) >= 11 is 3.26. The quantitative estimate of drug-likeness (QED) is 0.584. The second-order valence-electron chi connectivity index (χ2n) is 5.80. The number of halogens is 1. The Hall–Kier alpha value is -2.10. The zero-order valence-electron chi connectivity index (χ0n) is 13.6. The summed E-state index contributed by atoms with van der Waals surface area (Å²) in [7, 11) is 0.0969. The van der Waals surface area contributed by atoms with Crippen molar-refractivity contribution in [1.29, 1.82) is 0 Å². The fourth-order valence-electron chi connectivity index (χ4n) is 2.44. The highest BCUT2D eigenvalue weighted by Crippen LogP contribution is 2.26. The summed E-state index contributed by atoms with van der Waals surface area (Å²) < 4.78 is 28.3. The van der Waals surface area contributed by atoms with Gasteiger partial charge in [-0.25, -0.2) is 17.9 Å². The number of fused-ring (bicyclic) bond motifs is 1. The predicted molar refractivity (Wildman–Crippen MR) is 101 cm³/mol. The zero-order valence-corrected chi connectivity index (χ0v) is 16.0. The first-order valence-corrected chi connectivity index (χ1v) is 9.71. The number of rotatable bonds is 5. The molecule has 1 heterocycles. The molecule has 3 aromatic rings. The number of hydrogen-bond donors (Lipinski definition) is 3. The van der Waals surface area contributed by atoms with E-state index in [2.05, 4.69) is 30.6 Å². The Kier molecular flexibility index (Phi) is 4.72. The van der Waals surface area contributed by atoms with Gasteiger partial charge in [-0.3, -0.25) is 0 Å². The van der Waals surface area contributed by atoms with Gasteiger partial charge < -0.3 is 14.9 Å². The van der Waals surface area contributed by atoms with Crippen molar-refractivity contribution in [3.8, 4) is 0 Å². The third-order valence-corrected chi connectivity index (χ3v) is 6.11. The number of imidazole rings is 1. The van der Waals surface area contributed by atoms with E-state index in [0.717, 1.165) is 11.3 Å². The lowest BCUT2D eigenvalue weighted by Crippen LogP contribution is -2.23. The number of anilines is 1. The van der Waals surface area contributed by atoms with E-state index in [1.807, 2.05) is 43.3 Å². The molecule has 0 unspecified atom stereocenters. The number of nitrogens with one attached hydrogen (secondary N) is 3. The van der Waals surface area contributed by atoms with Crippen LogP contribution in [-0.2, 0) is 16.6 Å². The minimum absolute atomic E-state index is 0.0685. The maximum atomic E-state index is 12.6. The van der Waals surface area contributed by atoms with Crippen LogP contribution in [0.15, 0.2) is 50.6 Å². The third-order valence-electron chi connectivity index (χ3n) is 3.75. The Morgan fingerprint density at radius 2 is 1.80 bits per heavy atom. The first-order chi connectivity index (χ1) is 11.8. The fraction of sp³-hybridized carbons (Fsp3) is 0.188. The molecule has 7 nitrogen and oxygen atoms in total. The predicted octanol–water partition coefficient (Wildman–Crippen LogP) is 2.16. The van der Waals surface area contributed by atoms with Gasteiger partial charge in [-0.1, -0.05) is 12.1 Å². The second-order valence-corrected chi connectivity index (χ2v) is 8.39. The second kappa shape index (κ2) is 6.66. The van der Waals surface area contributed by atoms with Crippen LogP contribution < -0.4 is 15.3 Å². The Bertz CT molecular complexity index is 1090. The van der Waals surface area contributed by atoms with Gasteiger partial charge in [0.2, 0.25) is 10.0 Å². The molecule has 0 aliphatic heterocycles. The molecule has 25 heavy (non-hydrogen) atoms. The summed E-state index contributed by atoms with van der Waals surface area (Å²) in [4.78, 5) is 18.5. The topological polar surface area (TPSA) is 98.1 Å². The van der Waals surface area contributed by atoms with Crippen LogP contribution in [-0.4, -0.2) is 32.5 Å². The van der Waals surface area contributed by atoms with E-state index in [0.29, 0.717) is 15.5 Å². The van der Waals surface area contributed by atoms with Crippen molar-refractivity contribution in [1.82, 2.24) is 14.7 Å². The standard InChI is InChI=1S/C16H17BrN4O3S/c1-21(2)11-5-3-4-10(6-11)9-18-25(23,24)15-8-14-13(7-12(15)17)19-16(22)20-14/h3-8,18H,9H2,1-2H3,(H2,19,20,22). The Morgan fingerprint density at radius 3 is 2.48 bits per heavy atom. The minimum atomic E-state index is -3.75. The molecule has 3 N–H and O–H groups in total. The number of aromatic nitrogens is 2. The number of benzene rings is 2. The molecule has 0 saturated heterocycles. The molecule has 1 aromatic heterocycles. The molecule has 0 spiro atoms. The Balaban J connectivity index is 1.88. The van der Waals surface area contributed by atoms with Crippen LogP contribution in [0.4, 0.5) is 5.69 Å². The van der Waals surface area contributed by atoms with Crippen molar-refractivity contribution in [3.63, 3.8) is 0 Å². The fourth-order valence-corrected chi connectivity index (χ4v) is 4.53. The lowest BCUT2D eigenvalue weighted by atomic mass is 10.2. The van der Waals surface area contributed by atoms with E-state index < -0.39 is 10.0 Å². The zero-order chi connectivity index (χ0) is 18.2. The lowest BCUT2D eigenvalue weighted by molar-refractivity contribution is 0.581. The average Bonchev–Trinajstić information content (AvgIpc) is 2.91. The number of hydrogen-bond acceptors (Lipinski definition) is 4. The molecular weight excluding hydrogens is 408 g/mol. The first kappa shape index (κ1) is 17.7. The van der Waals surface area contributed by atoms with Gasteiger partial charge in [0.1, 0.15) is 0 Å². The van der Waals surface area contributed by atoms with Gasteiger partial charge in [0, 0.05) is 30.8 Å². The largest absolute Gasteiger partial charge is 0.378 e. The van der Waals surface area contributed by atoms with Gasteiger partial charge in [0.05, 0.1) is 15.9 Å². The van der Waals surface area contributed by atoms with Crippen molar-refractivity contribution in [2.24, 2.45) is 0 Å². The summed E-state index contributed by atoms with van der Waals surface area (Å²) in [5.74, 6) is 0. The molecule has 2 aromatic carbocycles. The SMILES string of the molecule is CN(C)c1cccc(CNS(=O)(=O)c2cc3[nH]c(=O)[nH]c3cc2Br)c1. The van der Waals surface area contributed by atoms with E-state index in [9.17, 15) is 13.2 Å². The molecule has 0 atom stereocenters. The van der Waals surface area contributed by atoms with Crippen molar-refractivity contribution < 1.29 is 8.42 Å². The molecule has 0 amide bonds. The van der Waals surface area contributed by atoms with Crippen LogP contribution in [0.2, 0.25) is 0 Å². The van der Waals surface area contributed by atoms with Crippen molar-refractivity contribution in [3.05, 3.63) is 56.9 Å². The highest BCUT2D eigenvalue weighted by Gasteiger charge is 2.19. The summed E-state index contributed by atoms with van der Waals surface area (Å²) in [6.07, 6.45) is 0. The summed E-state index contributed by atoms with van der Waals surface area (Å²) in [6, 6.07) is 10.6. The van der Waals surface area contributed by atoms with Gasteiger partial charge in [-0.15, -0.1) is 0 Å². The maximum Gasteiger partial charge on any atom is 0.323 e. The Morgan fingerprint density at radius 1 is 1.12 bits per heavy atom. The monoisotopic (exact) mass is 424 g/mol. The van der Waals surface area contributed by atoms with Gasteiger partial charge in [0.25, 0.3) is 0 Å². The van der Waals surface area contributed by atoms with Gasteiger partial charge in [-0.2, -0.15) is 0 Å². The molecule has 0 aliphatic rings. The molecule has 0 aliphatic carbocycles. The lowest BCUT2D eigenvalue weighted by Gasteiger charge is -2.14. The van der Waals surface area contributed by atoms with Crippen LogP contribution in [0, 0.1) is 0 Å². The van der Waals surface area contributed by atoms with E-state index in [1.165, 1.54) is 6.07 Å². The average molecular weight is 425 g/mol. The van der Waals surface area contributed by atoms with Gasteiger partial charge >= 0.3 is 5.69 Å². The molecule has 0 fully saturated rings. The van der Waals surface area contributed by atoms with E-state index in [4.69, 9.17) is 0 Å². The first-order valence-electron chi connectivity index (χ1n) is 7.44. The molecule has 0 radical (unpaired) electrons. The van der Waals surface area contributed by atoms with Crippen molar-refractivity contribution in [2.45, 2.75) is 11.4 Å². The molecular formula is C16H17BrN4O3S. The third kappa shape index (κ3) is 3.78. The van der Waals surface area contributed by atoms with Gasteiger partial charge in [-0.05, 0) is 45.8 Å². The molecule has 132 valence electrons. The van der Waals surface area contributed by atoms with Crippen LogP contribution in [0.1, 0.15) is 5.56 Å². The molecule has 9 heteroatoms. The van der Waals surface area contributed by atoms with Crippen LogP contribution in [0.5, 0.6) is 0 Å². The van der Waals surface area contributed by atoms with Crippen LogP contribution >= 0.6 is 15.9 Å². The van der Waals surface area contributed by atoms with E-state index >= 15 is 0 Å². The summed E-state index contributed by atoms with van der Waals surface area (Å²) in [5, 5.41) is 0. The summed E-state index contributed by atoms with van der Waals surface area (Å²) in [5.41, 5.74) is 2.42. The highest BCUT2D eigenvalue weighted by molar-refractivity contribution is 9.10. The number of nitrogens with zero attached hydrogens (tertiary/aromatic N) is 1. The molecule has 3 rings (SSSR count). The van der Waals surface area contributed by atoms with Crippen LogP contribution in [0.3, 0.4) is 0 Å². The Labute approximate surface area is 153 Å². The van der Waals surface area contributed by atoms with Crippen LogP contribution in [0.25, 0.3) is 11.0 Å². The molecule has 0 bridgehead atoms. The number of aromatic amines is 2. The minimum Gasteiger partial charge on any atom is -0.378 e.